The smallest absolute Gasteiger partial charge is 0.365 e. The fourth-order valence-corrected chi connectivity index (χ4v) is 1.05. The minimum atomic E-state index is -0.399. The molecule has 3 N–H and O–H groups in total. The van der Waals surface area contributed by atoms with E-state index in [9.17, 15) is 4.79 Å². The fourth-order valence-electron chi connectivity index (χ4n) is 1.05. The summed E-state index contributed by atoms with van der Waals surface area (Å²) in [5, 5.41) is 0. The minimum Gasteiger partial charge on any atom is -0.456 e. The molecule has 0 bridgehead atoms. The molecule has 0 amide bonds. The summed E-state index contributed by atoms with van der Waals surface area (Å²) >= 11 is 0. The highest BCUT2D eigenvalue weighted by atomic mass is 16.6. The molecule has 0 heterocycles. The maximum absolute atomic E-state index is 11.4. The van der Waals surface area contributed by atoms with E-state index in [-0.39, 0.29) is 12.0 Å². The third-order valence-electron chi connectivity index (χ3n) is 1.50. The van der Waals surface area contributed by atoms with Crippen molar-refractivity contribution in [3.05, 3.63) is 0 Å². The van der Waals surface area contributed by atoms with Gasteiger partial charge in [-0.3, -0.25) is 0 Å². The van der Waals surface area contributed by atoms with Gasteiger partial charge >= 0.3 is 5.97 Å². The second kappa shape index (κ2) is 4.61. The van der Waals surface area contributed by atoms with Crippen LogP contribution in [0, 0.1) is 5.92 Å². The molecule has 0 aromatic heterocycles. The van der Waals surface area contributed by atoms with Gasteiger partial charge in [0.1, 0.15) is 5.60 Å². The first-order chi connectivity index (χ1) is 5.72. The highest BCUT2D eigenvalue weighted by molar-refractivity contribution is 5.74. The Morgan fingerprint density at radius 3 is 2.15 bits per heavy atom. The zero-order chi connectivity index (χ0) is 10.6. The van der Waals surface area contributed by atoms with Crippen molar-refractivity contribution < 1.29 is 15.3 Å². The van der Waals surface area contributed by atoms with Crippen molar-refractivity contribution in [1.82, 2.24) is 0 Å². The summed E-state index contributed by atoms with van der Waals surface area (Å²) in [7, 11) is 0. The first kappa shape index (κ1) is 12.4. The first-order valence-corrected chi connectivity index (χ1v) is 4.78. The molecular weight excluding hydrogens is 166 g/mol. The predicted octanol–water partition coefficient (Wildman–Crippen LogP) is 0.985. The lowest BCUT2D eigenvalue weighted by molar-refractivity contribution is -0.412. The second-order valence-corrected chi connectivity index (χ2v) is 4.86. The van der Waals surface area contributed by atoms with E-state index in [0.717, 1.165) is 6.42 Å². The Morgan fingerprint density at radius 1 is 1.38 bits per heavy atom. The Morgan fingerprint density at radius 2 is 1.85 bits per heavy atom. The molecule has 0 saturated heterocycles. The molecule has 13 heavy (non-hydrogen) atoms. The molecule has 0 spiro atoms. The minimum absolute atomic E-state index is 0.193. The predicted molar refractivity (Wildman–Crippen MR) is 52.0 cm³/mol. The molecule has 1 atom stereocenters. The third-order valence-corrected chi connectivity index (χ3v) is 1.50. The Balaban J connectivity index is 3.97. The van der Waals surface area contributed by atoms with Gasteiger partial charge in [0.15, 0.2) is 6.04 Å². The maximum Gasteiger partial charge on any atom is 0.365 e. The van der Waals surface area contributed by atoms with E-state index in [1.54, 1.807) is 0 Å². The van der Waals surface area contributed by atoms with Crippen LogP contribution in [0.2, 0.25) is 0 Å². The van der Waals surface area contributed by atoms with E-state index in [1.165, 1.54) is 0 Å². The van der Waals surface area contributed by atoms with Gasteiger partial charge in [-0.25, -0.2) is 4.79 Å². The number of hydrogen-bond acceptors (Lipinski definition) is 2. The highest BCUT2D eigenvalue weighted by Gasteiger charge is 2.25. The van der Waals surface area contributed by atoms with E-state index in [0.29, 0.717) is 5.92 Å². The topological polar surface area (TPSA) is 53.9 Å². The molecule has 0 fully saturated rings. The molecule has 0 aliphatic rings. The van der Waals surface area contributed by atoms with Crippen molar-refractivity contribution in [1.29, 1.82) is 0 Å². The molecular formula is C10H22NO2+. The Labute approximate surface area is 80.6 Å². The molecule has 0 aliphatic heterocycles. The first-order valence-electron chi connectivity index (χ1n) is 4.78. The summed E-state index contributed by atoms with van der Waals surface area (Å²) in [5.41, 5.74) is 3.39. The van der Waals surface area contributed by atoms with Gasteiger partial charge in [0.2, 0.25) is 0 Å². The summed E-state index contributed by atoms with van der Waals surface area (Å²) in [6.07, 6.45) is 0.787. The van der Waals surface area contributed by atoms with Crippen LogP contribution in [0.1, 0.15) is 41.0 Å². The lowest BCUT2D eigenvalue weighted by Crippen LogP contribution is -2.66. The van der Waals surface area contributed by atoms with Gasteiger partial charge in [-0.2, -0.15) is 0 Å². The molecule has 0 unspecified atom stereocenters. The van der Waals surface area contributed by atoms with Gasteiger partial charge in [-0.05, 0) is 26.7 Å². The fraction of sp³-hybridized carbons (Fsp3) is 0.900. The lowest BCUT2D eigenvalue weighted by Gasteiger charge is -2.21. The molecule has 0 aliphatic carbocycles. The summed E-state index contributed by atoms with van der Waals surface area (Å²) in [5.74, 6) is 0.288. The van der Waals surface area contributed by atoms with E-state index in [2.05, 4.69) is 19.6 Å². The molecule has 0 radical (unpaired) electrons. The quantitative estimate of drug-likeness (QED) is 0.671. The average molecular weight is 188 g/mol. The van der Waals surface area contributed by atoms with E-state index >= 15 is 0 Å². The van der Waals surface area contributed by atoms with Gasteiger partial charge in [-0.15, -0.1) is 0 Å². The molecule has 3 heteroatoms. The van der Waals surface area contributed by atoms with Crippen LogP contribution in [-0.4, -0.2) is 17.6 Å². The number of carbonyl (C=O) groups excluding carboxylic acids is 1. The molecule has 3 nitrogen and oxygen atoms in total. The molecule has 0 aromatic rings. The zero-order valence-electron chi connectivity index (χ0n) is 9.39. The van der Waals surface area contributed by atoms with Crippen LogP contribution < -0.4 is 5.73 Å². The van der Waals surface area contributed by atoms with Crippen LogP contribution in [0.15, 0.2) is 0 Å². The third kappa shape index (κ3) is 6.58. The van der Waals surface area contributed by atoms with Crippen LogP contribution in [0.3, 0.4) is 0 Å². The van der Waals surface area contributed by atoms with Crippen molar-refractivity contribution in [2.45, 2.75) is 52.7 Å². The number of hydrogen-bond donors (Lipinski definition) is 1. The second-order valence-electron chi connectivity index (χ2n) is 4.86. The SMILES string of the molecule is CC(C)C[C@H]([NH3+])C(=O)OC(C)(C)C. The Kier molecular flexibility index (Phi) is 4.40. The highest BCUT2D eigenvalue weighted by Crippen LogP contribution is 2.10. The van der Waals surface area contributed by atoms with Crippen LogP contribution in [0.25, 0.3) is 0 Å². The zero-order valence-corrected chi connectivity index (χ0v) is 9.39. The van der Waals surface area contributed by atoms with Gasteiger partial charge in [0.05, 0.1) is 0 Å². The molecule has 78 valence electrons. The monoisotopic (exact) mass is 188 g/mol. The normalized spacial score (nSPS) is 14.4. The standard InChI is InChI=1S/C10H21NO2/c1-7(2)6-8(11)9(12)13-10(3,4)5/h7-8H,6,11H2,1-5H3/p+1/t8-/m0/s1. The molecule has 0 saturated carbocycles. The van der Waals surface area contributed by atoms with Crippen molar-refractivity contribution in [2.24, 2.45) is 5.92 Å². The largest absolute Gasteiger partial charge is 0.456 e. The van der Waals surface area contributed by atoms with E-state index in [1.807, 2.05) is 20.8 Å². The summed E-state index contributed by atoms with van der Waals surface area (Å²) in [6, 6.07) is -0.237. The van der Waals surface area contributed by atoms with Crippen molar-refractivity contribution >= 4 is 5.97 Å². The summed E-state index contributed by atoms with van der Waals surface area (Å²) in [6.45, 7) is 9.75. The summed E-state index contributed by atoms with van der Waals surface area (Å²) in [4.78, 5) is 11.4. The number of carbonyl (C=O) groups is 1. The number of ether oxygens (including phenoxy) is 1. The van der Waals surface area contributed by atoms with Crippen LogP contribution in [0.4, 0.5) is 0 Å². The van der Waals surface area contributed by atoms with Gasteiger partial charge in [0.25, 0.3) is 0 Å². The van der Waals surface area contributed by atoms with Crippen LogP contribution >= 0.6 is 0 Å². The lowest BCUT2D eigenvalue weighted by atomic mass is 10.0. The van der Waals surface area contributed by atoms with Gasteiger partial charge < -0.3 is 10.5 Å². The van der Waals surface area contributed by atoms with Crippen molar-refractivity contribution in [3.8, 4) is 0 Å². The van der Waals surface area contributed by atoms with Gasteiger partial charge in [0, 0.05) is 6.42 Å². The van der Waals surface area contributed by atoms with Crippen molar-refractivity contribution in [2.75, 3.05) is 0 Å². The number of esters is 1. The average Bonchev–Trinajstić information content (AvgIpc) is 1.81. The van der Waals surface area contributed by atoms with Crippen LogP contribution in [-0.2, 0) is 9.53 Å². The number of quaternary nitrogens is 1. The molecule has 0 rings (SSSR count). The Bertz CT molecular complexity index is 170. The summed E-state index contributed by atoms with van der Waals surface area (Å²) < 4.78 is 5.20. The Hall–Kier alpha value is -0.570. The molecule has 0 aromatic carbocycles. The van der Waals surface area contributed by atoms with E-state index in [4.69, 9.17) is 4.74 Å². The van der Waals surface area contributed by atoms with Gasteiger partial charge in [-0.1, -0.05) is 13.8 Å². The maximum atomic E-state index is 11.4. The van der Waals surface area contributed by atoms with Crippen LogP contribution in [0.5, 0.6) is 0 Å². The number of rotatable bonds is 3. The van der Waals surface area contributed by atoms with Crippen molar-refractivity contribution in [3.63, 3.8) is 0 Å². The van der Waals surface area contributed by atoms with E-state index < -0.39 is 5.60 Å².